The molecule has 1 saturated heterocycles. The fourth-order valence-electron chi connectivity index (χ4n) is 1.90. The van der Waals surface area contributed by atoms with E-state index in [0.717, 1.165) is 24.2 Å². The lowest BCUT2D eigenvalue weighted by atomic mass is 9.92. The Hall–Kier alpha value is -0.990. The molecule has 19 heavy (non-hydrogen) atoms. The molecule has 0 radical (unpaired) electrons. The summed E-state index contributed by atoms with van der Waals surface area (Å²) in [5, 5.41) is 14.2. The minimum atomic E-state index is -0.490. The molecule has 0 saturated carbocycles. The first-order valence-corrected chi connectivity index (χ1v) is 7.71. The highest BCUT2D eigenvalue weighted by Crippen LogP contribution is 2.27. The molecule has 1 N–H and O–H groups in total. The lowest BCUT2D eigenvalue weighted by Crippen LogP contribution is -2.53. The molecule has 1 aliphatic heterocycles. The van der Waals surface area contributed by atoms with Crippen LogP contribution in [0.25, 0.3) is 0 Å². The molecule has 0 unspecified atom stereocenters. The van der Waals surface area contributed by atoms with Crippen molar-refractivity contribution in [1.82, 2.24) is 5.32 Å². The molecule has 6 nitrogen and oxygen atoms in total. The van der Waals surface area contributed by atoms with Crippen molar-refractivity contribution in [2.75, 3.05) is 18.5 Å². The van der Waals surface area contributed by atoms with Crippen LogP contribution in [0.5, 0.6) is 0 Å². The Morgan fingerprint density at radius 2 is 2.21 bits per heavy atom. The number of halogens is 1. The van der Waals surface area contributed by atoms with E-state index >= 15 is 0 Å². The largest absolute Gasteiger partial charge is 0.381 e. The fourth-order valence-corrected chi connectivity index (χ4v) is 3.32. The lowest BCUT2D eigenvalue weighted by molar-refractivity contribution is -0.380. The van der Waals surface area contributed by atoms with Crippen LogP contribution in [-0.2, 0) is 4.74 Å². The van der Waals surface area contributed by atoms with E-state index in [0.29, 0.717) is 23.4 Å². The smallest absolute Gasteiger partial charge is 0.324 e. The Morgan fingerprint density at radius 3 is 2.74 bits per heavy atom. The first kappa shape index (κ1) is 14.4. The van der Waals surface area contributed by atoms with E-state index in [2.05, 4.69) is 21.2 Å². The molecule has 2 rings (SSSR count). The molecule has 1 aromatic rings. The minimum Gasteiger partial charge on any atom is -0.381 e. The zero-order valence-corrected chi connectivity index (χ0v) is 12.5. The third kappa shape index (κ3) is 3.31. The van der Waals surface area contributed by atoms with Crippen LogP contribution in [0.3, 0.4) is 0 Å². The van der Waals surface area contributed by atoms with Gasteiger partial charge in [0.25, 0.3) is 5.91 Å². The van der Waals surface area contributed by atoms with E-state index in [1.165, 1.54) is 12.1 Å². The highest BCUT2D eigenvalue weighted by Gasteiger charge is 2.33. The van der Waals surface area contributed by atoms with E-state index in [1.54, 1.807) is 0 Å². The molecular formula is C11H13BrN2O4S. The maximum Gasteiger partial charge on any atom is 0.324 e. The third-order valence-corrected chi connectivity index (χ3v) is 5.19. The van der Waals surface area contributed by atoms with E-state index in [4.69, 9.17) is 4.74 Å². The van der Waals surface area contributed by atoms with Gasteiger partial charge in [0.1, 0.15) is 0 Å². The number of alkyl halides is 1. The normalized spacial score (nSPS) is 17.9. The van der Waals surface area contributed by atoms with Crippen LogP contribution < -0.4 is 5.32 Å². The standard InChI is InChI=1S/C11H13BrN2O4S/c12-7-11(3-5-18-6-4-11)13-10(15)8-1-2-9(19-8)14(16)17/h1-2H,3-7H2,(H,13,15). The second kappa shape index (κ2) is 5.98. The van der Waals surface area contributed by atoms with Gasteiger partial charge in [-0.15, -0.1) is 0 Å². The van der Waals surface area contributed by atoms with Gasteiger partial charge in [0.15, 0.2) is 0 Å². The molecule has 0 bridgehead atoms. The van der Waals surface area contributed by atoms with Crippen molar-refractivity contribution in [3.05, 3.63) is 27.1 Å². The lowest BCUT2D eigenvalue weighted by Gasteiger charge is -2.36. The zero-order valence-electron chi connectivity index (χ0n) is 10.1. The van der Waals surface area contributed by atoms with Crippen LogP contribution in [0, 0.1) is 10.1 Å². The molecule has 1 aromatic heterocycles. The quantitative estimate of drug-likeness (QED) is 0.514. The second-order valence-corrected chi connectivity index (χ2v) is 6.00. The number of carbonyl (C=O) groups is 1. The van der Waals surface area contributed by atoms with Crippen LogP contribution in [0.4, 0.5) is 5.00 Å². The first-order valence-electron chi connectivity index (χ1n) is 5.77. The zero-order chi connectivity index (χ0) is 13.9. The molecule has 0 aliphatic carbocycles. The number of amides is 1. The van der Waals surface area contributed by atoms with Gasteiger partial charge < -0.3 is 10.1 Å². The van der Waals surface area contributed by atoms with Crippen LogP contribution in [0.1, 0.15) is 22.5 Å². The second-order valence-electron chi connectivity index (χ2n) is 4.38. The van der Waals surface area contributed by atoms with Gasteiger partial charge >= 0.3 is 5.00 Å². The highest BCUT2D eigenvalue weighted by atomic mass is 79.9. The van der Waals surface area contributed by atoms with Crippen LogP contribution >= 0.6 is 27.3 Å². The summed E-state index contributed by atoms with van der Waals surface area (Å²) in [5.74, 6) is -0.264. The molecule has 104 valence electrons. The van der Waals surface area contributed by atoms with Gasteiger partial charge in [-0.25, -0.2) is 0 Å². The number of nitrogens with zero attached hydrogens (tertiary/aromatic N) is 1. The first-order chi connectivity index (χ1) is 9.06. The van der Waals surface area contributed by atoms with Gasteiger partial charge in [-0.1, -0.05) is 27.3 Å². The van der Waals surface area contributed by atoms with Gasteiger partial charge in [0, 0.05) is 24.6 Å². The van der Waals surface area contributed by atoms with E-state index in [9.17, 15) is 14.9 Å². The number of hydrogen-bond donors (Lipinski definition) is 1. The summed E-state index contributed by atoms with van der Waals surface area (Å²) in [5.41, 5.74) is -0.325. The van der Waals surface area contributed by atoms with Crippen molar-refractivity contribution in [3.63, 3.8) is 0 Å². The molecule has 0 spiro atoms. The van der Waals surface area contributed by atoms with Crippen molar-refractivity contribution < 1.29 is 14.5 Å². The summed E-state index contributed by atoms with van der Waals surface area (Å²) < 4.78 is 5.29. The number of ether oxygens (including phenoxy) is 1. The summed E-state index contributed by atoms with van der Waals surface area (Å²) >= 11 is 4.31. The van der Waals surface area contributed by atoms with Crippen LogP contribution in [-0.4, -0.2) is 34.9 Å². The van der Waals surface area contributed by atoms with E-state index in [-0.39, 0.29) is 16.4 Å². The predicted molar refractivity (Wildman–Crippen MR) is 75.0 cm³/mol. The number of nitro groups is 1. The number of carbonyl (C=O) groups excluding carboxylic acids is 1. The van der Waals surface area contributed by atoms with Crippen LogP contribution in [0.15, 0.2) is 12.1 Å². The van der Waals surface area contributed by atoms with Gasteiger partial charge in [-0.3, -0.25) is 14.9 Å². The number of nitrogens with one attached hydrogen (secondary N) is 1. The van der Waals surface area contributed by atoms with E-state index in [1.807, 2.05) is 0 Å². The van der Waals surface area contributed by atoms with Gasteiger partial charge in [0.2, 0.25) is 0 Å². The van der Waals surface area contributed by atoms with Crippen LogP contribution in [0.2, 0.25) is 0 Å². The molecule has 1 fully saturated rings. The molecule has 1 aliphatic rings. The topological polar surface area (TPSA) is 81.5 Å². The minimum absolute atomic E-state index is 0.0231. The maximum atomic E-state index is 12.1. The summed E-state index contributed by atoms with van der Waals surface area (Å²) in [6, 6.07) is 2.84. The average molecular weight is 349 g/mol. The van der Waals surface area contributed by atoms with Crippen molar-refractivity contribution >= 4 is 38.2 Å². The monoisotopic (exact) mass is 348 g/mol. The SMILES string of the molecule is O=C(NC1(CBr)CCOCC1)c1ccc([N+](=O)[O-])s1. The summed E-state index contributed by atoms with van der Waals surface area (Å²) in [4.78, 5) is 22.6. The molecule has 0 aromatic carbocycles. The predicted octanol–water partition coefficient (Wildman–Crippen LogP) is 2.33. The fraction of sp³-hybridized carbons (Fsp3) is 0.545. The Balaban J connectivity index is 2.08. The van der Waals surface area contributed by atoms with Gasteiger partial charge in [-0.05, 0) is 18.9 Å². The summed E-state index contributed by atoms with van der Waals surface area (Å²) in [6.45, 7) is 1.22. The van der Waals surface area contributed by atoms with Crippen molar-refractivity contribution in [3.8, 4) is 0 Å². The number of rotatable bonds is 4. The third-order valence-electron chi connectivity index (χ3n) is 3.08. The Labute approximate surface area is 122 Å². The van der Waals surface area contributed by atoms with Gasteiger partial charge in [-0.2, -0.15) is 0 Å². The Morgan fingerprint density at radius 1 is 1.53 bits per heavy atom. The molecular weight excluding hydrogens is 336 g/mol. The van der Waals surface area contributed by atoms with Crippen molar-refractivity contribution in [2.45, 2.75) is 18.4 Å². The highest BCUT2D eigenvalue weighted by molar-refractivity contribution is 9.09. The summed E-state index contributed by atoms with van der Waals surface area (Å²) in [6.07, 6.45) is 1.47. The Kier molecular flexibility index (Phi) is 4.54. The van der Waals surface area contributed by atoms with E-state index < -0.39 is 4.92 Å². The molecule has 0 atom stereocenters. The molecule has 8 heteroatoms. The summed E-state index contributed by atoms with van der Waals surface area (Å²) in [7, 11) is 0. The van der Waals surface area contributed by atoms with Crippen molar-refractivity contribution in [2.24, 2.45) is 0 Å². The molecule has 2 heterocycles. The molecule has 1 amide bonds. The Bertz CT molecular complexity index is 485. The average Bonchev–Trinajstić information content (AvgIpc) is 2.89. The number of hydrogen-bond acceptors (Lipinski definition) is 5. The number of thiophene rings is 1. The van der Waals surface area contributed by atoms with Gasteiger partial charge in [0.05, 0.1) is 15.3 Å². The maximum absolute atomic E-state index is 12.1. The van der Waals surface area contributed by atoms with Crippen molar-refractivity contribution in [1.29, 1.82) is 0 Å².